The number of benzene rings is 2. The number of aromatic hydroxyl groups is 1. The quantitative estimate of drug-likeness (QED) is 0.849. The zero-order chi connectivity index (χ0) is 14.5. The summed E-state index contributed by atoms with van der Waals surface area (Å²) in [4.78, 5) is 0. The van der Waals surface area contributed by atoms with Crippen molar-refractivity contribution < 1.29 is 9.50 Å². The second-order valence-corrected chi connectivity index (χ2v) is 5.00. The van der Waals surface area contributed by atoms with Gasteiger partial charge in [-0.05, 0) is 48.7 Å². The van der Waals surface area contributed by atoms with E-state index in [4.69, 9.17) is 0 Å². The summed E-state index contributed by atoms with van der Waals surface area (Å²) >= 11 is 0. The van der Waals surface area contributed by atoms with Crippen LogP contribution < -0.4 is 5.32 Å². The van der Waals surface area contributed by atoms with Gasteiger partial charge in [-0.15, -0.1) is 0 Å². The van der Waals surface area contributed by atoms with E-state index in [0.717, 1.165) is 17.5 Å². The van der Waals surface area contributed by atoms with Crippen molar-refractivity contribution in [2.24, 2.45) is 0 Å². The zero-order valence-electron chi connectivity index (χ0n) is 11.8. The Kier molecular flexibility index (Phi) is 4.74. The van der Waals surface area contributed by atoms with E-state index in [9.17, 15) is 9.50 Å². The van der Waals surface area contributed by atoms with Crippen molar-refractivity contribution in [1.82, 2.24) is 5.32 Å². The number of phenols is 1. The highest BCUT2D eigenvalue weighted by atomic mass is 19.1. The van der Waals surface area contributed by atoms with Crippen LogP contribution in [-0.4, -0.2) is 5.11 Å². The molecule has 20 heavy (non-hydrogen) atoms. The lowest BCUT2D eigenvalue weighted by atomic mass is 10.0. The standard InChI is InChI=1S/C17H20FNO/c1-3-17(14-7-4-8-15(18)10-14)19-12(2)13-6-5-9-16(20)11-13/h4-12,17,19-20H,3H2,1-2H3. The summed E-state index contributed by atoms with van der Waals surface area (Å²) in [5, 5.41) is 13.0. The molecule has 2 unspecified atom stereocenters. The third kappa shape index (κ3) is 3.58. The number of phenolic OH excluding ortho intramolecular Hbond substituents is 1. The Hall–Kier alpha value is -1.87. The van der Waals surface area contributed by atoms with Crippen LogP contribution >= 0.6 is 0 Å². The molecule has 0 aliphatic heterocycles. The van der Waals surface area contributed by atoms with E-state index in [1.165, 1.54) is 6.07 Å². The van der Waals surface area contributed by atoms with E-state index < -0.39 is 0 Å². The van der Waals surface area contributed by atoms with E-state index in [1.807, 2.05) is 25.1 Å². The van der Waals surface area contributed by atoms with Crippen LogP contribution in [0.25, 0.3) is 0 Å². The van der Waals surface area contributed by atoms with Crippen molar-refractivity contribution in [1.29, 1.82) is 0 Å². The molecule has 0 saturated heterocycles. The highest BCUT2D eigenvalue weighted by Crippen LogP contribution is 2.24. The van der Waals surface area contributed by atoms with Crippen LogP contribution in [0.5, 0.6) is 5.75 Å². The summed E-state index contributed by atoms with van der Waals surface area (Å²) in [5.41, 5.74) is 1.96. The molecule has 0 radical (unpaired) electrons. The molecule has 0 heterocycles. The van der Waals surface area contributed by atoms with E-state index in [0.29, 0.717) is 0 Å². The molecule has 0 aliphatic carbocycles. The number of hydrogen-bond donors (Lipinski definition) is 2. The molecule has 2 rings (SSSR count). The van der Waals surface area contributed by atoms with Crippen LogP contribution in [0, 0.1) is 5.82 Å². The van der Waals surface area contributed by atoms with Gasteiger partial charge in [-0.3, -0.25) is 0 Å². The maximum Gasteiger partial charge on any atom is 0.123 e. The van der Waals surface area contributed by atoms with Crippen LogP contribution in [0.4, 0.5) is 4.39 Å². The van der Waals surface area contributed by atoms with Crippen LogP contribution in [0.3, 0.4) is 0 Å². The molecule has 2 N–H and O–H groups in total. The summed E-state index contributed by atoms with van der Waals surface area (Å²) in [7, 11) is 0. The lowest BCUT2D eigenvalue weighted by Crippen LogP contribution is -2.24. The maximum atomic E-state index is 13.3. The maximum absolute atomic E-state index is 13.3. The van der Waals surface area contributed by atoms with Gasteiger partial charge in [-0.2, -0.15) is 0 Å². The fraction of sp³-hybridized carbons (Fsp3) is 0.294. The Balaban J connectivity index is 2.14. The molecule has 2 aromatic rings. The van der Waals surface area contributed by atoms with Gasteiger partial charge in [0.2, 0.25) is 0 Å². The number of nitrogens with one attached hydrogen (secondary N) is 1. The van der Waals surface area contributed by atoms with Crippen molar-refractivity contribution in [2.45, 2.75) is 32.4 Å². The largest absolute Gasteiger partial charge is 0.508 e. The molecule has 0 saturated carbocycles. The summed E-state index contributed by atoms with van der Waals surface area (Å²) in [6.45, 7) is 4.11. The second kappa shape index (κ2) is 6.53. The van der Waals surface area contributed by atoms with Crippen molar-refractivity contribution in [3.05, 3.63) is 65.5 Å². The van der Waals surface area contributed by atoms with Gasteiger partial charge in [-0.25, -0.2) is 4.39 Å². The topological polar surface area (TPSA) is 32.3 Å². The molecule has 2 aromatic carbocycles. The molecule has 0 aromatic heterocycles. The van der Waals surface area contributed by atoms with Gasteiger partial charge in [0.1, 0.15) is 11.6 Å². The Morgan fingerprint density at radius 1 is 1.10 bits per heavy atom. The van der Waals surface area contributed by atoms with Gasteiger partial charge in [0, 0.05) is 12.1 Å². The first-order chi connectivity index (χ1) is 9.60. The lowest BCUT2D eigenvalue weighted by Gasteiger charge is -2.23. The average molecular weight is 273 g/mol. The number of hydrogen-bond acceptors (Lipinski definition) is 2. The summed E-state index contributed by atoms with van der Waals surface area (Å²) in [6, 6.07) is 14.0. The van der Waals surface area contributed by atoms with Crippen LogP contribution in [-0.2, 0) is 0 Å². The van der Waals surface area contributed by atoms with Gasteiger partial charge in [-0.1, -0.05) is 31.2 Å². The molecule has 106 valence electrons. The van der Waals surface area contributed by atoms with Crippen LogP contribution in [0.2, 0.25) is 0 Å². The van der Waals surface area contributed by atoms with Crippen molar-refractivity contribution in [3.63, 3.8) is 0 Å². The van der Waals surface area contributed by atoms with Gasteiger partial charge in [0.25, 0.3) is 0 Å². The normalized spacial score (nSPS) is 13.9. The Bertz CT molecular complexity index is 570. The first kappa shape index (κ1) is 14.5. The van der Waals surface area contributed by atoms with Gasteiger partial charge < -0.3 is 10.4 Å². The van der Waals surface area contributed by atoms with Crippen LogP contribution in [0.1, 0.15) is 43.5 Å². The van der Waals surface area contributed by atoms with Gasteiger partial charge >= 0.3 is 0 Å². The fourth-order valence-corrected chi connectivity index (χ4v) is 2.37. The minimum Gasteiger partial charge on any atom is -0.508 e. The third-order valence-electron chi connectivity index (χ3n) is 3.48. The Morgan fingerprint density at radius 3 is 2.45 bits per heavy atom. The molecule has 0 bridgehead atoms. The zero-order valence-corrected chi connectivity index (χ0v) is 11.8. The highest BCUT2D eigenvalue weighted by Gasteiger charge is 2.14. The predicted octanol–water partition coefficient (Wildman–Crippen LogP) is 4.33. The Labute approximate surface area is 119 Å². The number of halogens is 1. The molecule has 0 aliphatic rings. The Morgan fingerprint density at radius 2 is 1.80 bits per heavy atom. The van der Waals surface area contributed by atoms with Gasteiger partial charge in [0.15, 0.2) is 0 Å². The highest BCUT2D eigenvalue weighted by molar-refractivity contribution is 5.29. The molecule has 0 fully saturated rings. The lowest BCUT2D eigenvalue weighted by molar-refractivity contribution is 0.447. The molecule has 3 heteroatoms. The molecule has 2 atom stereocenters. The minimum atomic E-state index is -0.215. The minimum absolute atomic E-state index is 0.0790. The number of rotatable bonds is 5. The van der Waals surface area contributed by atoms with E-state index >= 15 is 0 Å². The monoisotopic (exact) mass is 273 g/mol. The first-order valence-electron chi connectivity index (χ1n) is 6.90. The van der Waals surface area contributed by atoms with Crippen molar-refractivity contribution >= 4 is 0 Å². The summed E-state index contributed by atoms with van der Waals surface area (Å²) in [5.74, 6) is 0.0442. The molecular formula is C17H20FNO. The fourth-order valence-electron chi connectivity index (χ4n) is 2.37. The molecule has 2 nitrogen and oxygen atoms in total. The van der Waals surface area contributed by atoms with Crippen LogP contribution in [0.15, 0.2) is 48.5 Å². The third-order valence-corrected chi connectivity index (χ3v) is 3.48. The van der Waals surface area contributed by atoms with Gasteiger partial charge in [0.05, 0.1) is 0 Å². The predicted molar refractivity (Wildman–Crippen MR) is 79.1 cm³/mol. The second-order valence-electron chi connectivity index (χ2n) is 5.00. The van der Waals surface area contributed by atoms with E-state index in [-0.39, 0.29) is 23.7 Å². The summed E-state index contributed by atoms with van der Waals surface area (Å²) in [6.07, 6.45) is 0.868. The van der Waals surface area contributed by atoms with E-state index in [2.05, 4.69) is 12.2 Å². The van der Waals surface area contributed by atoms with Crippen molar-refractivity contribution in [2.75, 3.05) is 0 Å². The van der Waals surface area contributed by atoms with Crippen molar-refractivity contribution in [3.8, 4) is 5.75 Å². The van der Waals surface area contributed by atoms with E-state index in [1.54, 1.807) is 24.3 Å². The molecule has 0 amide bonds. The smallest absolute Gasteiger partial charge is 0.123 e. The first-order valence-corrected chi connectivity index (χ1v) is 6.90. The molecular weight excluding hydrogens is 253 g/mol. The summed E-state index contributed by atoms with van der Waals surface area (Å²) < 4.78 is 13.3. The molecule has 0 spiro atoms. The average Bonchev–Trinajstić information content (AvgIpc) is 2.44. The SMILES string of the molecule is CCC(NC(C)c1cccc(O)c1)c1cccc(F)c1.